The lowest BCUT2D eigenvalue weighted by Crippen LogP contribution is -2.61. The smallest absolute Gasteiger partial charge is 0.450 e. The molecule has 0 aromatic heterocycles. The van der Waals surface area contributed by atoms with Gasteiger partial charge in [0.1, 0.15) is 22.9 Å². The first-order chi connectivity index (χ1) is 45.1. The summed E-state index contributed by atoms with van der Waals surface area (Å²) in [4.78, 5) is 36.1. The van der Waals surface area contributed by atoms with Gasteiger partial charge in [-0.3, -0.25) is 23.0 Å². The molecule has 0 aliphatic heterocycles. The quantitative estimate of drug-likeness (QED) is 0.0375. The highest BCUT2D eigenvalue weighted by molar-refractivity contribution is 7.89. The number of rotatable bonds is 19. The second-order valence-electron chi connectivity index (χ2n) is 30.7. The lowest BCUT2D eigenvalue weighted by atomic mass is 9.48. The van der Waals surface area contributed by atoms with E-state index in [9.17, 15) is 101 Å². The van der Waals surface area contributed by atoms with E-state index in [-0.39, 0.29) is 61.0 Å². The summed E-state index contributed by atoms with van der Waals surface area (Å²) >= 11 is 0. The Labute approximate surface area is 582 Å². The average Bonchev–Trinajstić information content (AvgIpc) is 0.728. The maximum Gasteiger partial charge on any atom is 0.450 e. The molecule has 0 saturated heterocycles. The van der Waals surface area contributed by atoms with Crippen LogP contribution in [0.3, 0.4) is 0 Å². The zero-order valence-corrected chi connectivity index (χ0v) is 62.4. The molecule has 0 radical (unpaired) electrons. The molecule has 33 heteroatoms. The van der Waals surface area contributed by atoms with Gasteiger partial charge in [-0.1, -0.05) is 133 Å². The SMILES string of the molecule is CC(C)(C)c1cc(C(C)(C)C)c(S(=O)(=O)O)c(C(C)(C)C)c1.CC(C)c1cccc(C(C)C)c1OS(=O)(=O)C(F)(F)C(F)(F)C(F)(F)S(=O)(=O)O.O=C(CCC12CC3CC(CC(C3)C1)C2)C(F)(F)S(=O)(=O)O.O=C(OC1CCCCC1)c1cc(C(=O)OC2CCCCC2)cc(S(=O)(=O)O)c1. The molecule has 4 N–H and O–H groups in total. The van der Waals surface area contributed by atoms with Gasteiger partial charge in [0.05, 0.1) is 16.0 Å². The van der Waals surface area contributed by atoms with Gasteiger partial charge in [-0.05, 0) is 194 Å². The lowest BCUT2D eigenvalue weighted by molar-refractivity contribution is -0.247. The summed E-state index contributed by atoms with van der Waals surface area (Å²) in [5.41, 5.74) is 1.33. The van der Waals surface area contributed by atoms with Crippen molar-refractivity contribution in [2.45, 2.75) is 277 Å². The third kappa shape index (κ3) is 20.5. The minimum atomic E-state index is -7.10. The van der Waals surface area contributed by atoms with E-state index in [1.54, 1.807) is 0 Å². The molecule has 3 aromatic carbocycles. The number of esters is 2. The molecule has 20 nitrogen and oxygen atoms in total. The van der Waals surface area contributed by atoms with Gasteiger partial charge < -0.3 is 13.7 Å². The number of hydrogen-bond donors (Lipinski definition) is 4. The zero-order valence-electron chi connectivity index (χ0n) is 58.3. The first-order valence-corrected chi connectivity index (χ1v) is 40.1. The van der Waals surface area contributed by atoms with Crippen LogP contribution < -0.4 is 4.18 Å². The lowest BCUT2D eigenvalue weighted by Gasteiger charge is -2.57. The van der Waals surface area contributed by atoms with Crippen LogP contribution in [-0.2, 0) is 81.1 Å². The molecule has 0 spiro atoms. The molecule has 0 heterocycles. The van der Waals surface area contributed by atoms with Gasteiger partial charge in [-0.25, -0.2) is 9.59 Å². The number of benzene rings is 3. The maximum atomic E-state index is 14.0. The van der Waals surface area contributed by atoms with Crippen LogP contribution in [0.4, 0.5) is 35.1 Å². The third-order valence-corrected chi connectivity index (χ3v) is 23.6. The number of ether oxygens (including phenoxy) is 2. The van der Waals surface area contributed by atoms with E-state index in [4.69, 9.17) is 18.6 Å². The van der Waals surface area contributed by atoms with Crippen LogP contribution >= 0.6 is 0 Å². The van der Waals surface area contributed by atoms with Crippen molar-refractivity contribution in [3.8, 4) is 5.75 Å². The van der Waals surface area contributed by atoms with Gasteiger partial charge in [-0.15, -0.1) is 0 Å². The third-order valence-electron chi connectivity index (χ3n) is 18.7. The van der Waals surface area contributed by atoms with Crippen LogP contribution in [0, 0.1) is 23.2 Å². The van der Waals surface area contributed by atoms with Gasteiger partial charge in [0.15, 0.2) is 0 Å². The fourth-order valence-electron chi connectivity index (χ4n) is 13.7. The van der Waals surface area contributed by atoms with E-state index >= 15 is 0 Å². The van der Waals surface area contributed by atoms with Gasteiger partial charge >= 0.3 is 64.0 Å². The number of ketones is 1. The Kier molecular flexibility index (Phi) is 26.6. The van der Waals surface area contributed by atoms with Crippen molar-refractivity contribution in [3.63, 3.8) is 0 Å². The summed E-state index contributed by atoms with van der Waals surface area (Å²) in [5.74, 6) is -10.1. The highest BCUT2D eigenvalue weighted by Crippen LogP contribution is 2.62. The zero-order chi connectivity index (χ0) is 76.6. The second kappa shape index (κ2) is 31.0. The molecule has 9 rings (SSSR count). The van der Waals surface area contributed by atoms with E-state index in [0.717, 1.165) is 101 Å². The van der Waals surface area contributed by atoms with Gasteiger partial charge in [0.25, 0.3) is 20.2 Å². The normalized spacial score (nSPS) is 20.9. The van der Waals surface area contributed by atoms with E-state index in [2.05, 4.69) is 25.0 Å². The summed E-state index contributed by atoms with van der Waals surface area (Å²) in [7, 11) is -28.5. The highest BCUT2D eigenvalue weighted by Gasteiger charge is 2.83. The van der Waals surface area contributed by atoms with Crippen LogP contribution in [0.1, 0.15) is 266 Å². The van der Waals surface area contributed by atoms with Crippen molar-refractivity contribution in [3.05, 3.63) is 87.5 Å². The Morgan fingerprint density at radius 1 is 0.520 bits per heavy atom. The summed E-state index contributed by atoms with van der Waals surface area (Å²) in [6.07, 6.45) is 15.1. The fraction of sp³-hybridized carbons (Fsp3) is 0.687. The molecule has 4 bridgehead atoms. The Hall–Kier alpha value is -4.90. The van der Waals surface area contributed by atoms with Crippen LogP contribution in [0.5, 0.6) is 5.75 Å². The van der Waals surface area contributed by atoms with Crippen molar-refractivity contribution in [2.24, 2.45) is 23.2 Å². The molecule has 6 saturated carbocycles. The van der Waals surface area contributed by atoms with E-state index < -0.39 is 119 Å². The number of Topliss-reactive ketones (excluding diaryl/α,β-unsaturated/α-hetero) is 1. The number of halogens is 8. The first-order valence-electron chi connectivity index (χ1n) is 32.9. The van der Waals surface area contributed by atoms with Gasteiger partial charge in [0, 0.05) is 6.42 Å². The molecule has 6 aliphatic rings. The van der Waals surface area contributed by atoms with Crippen molar-refractivity contribution in [2.75, 3.05) is 0 Å². The molecule has 568 valence electrons. The molecule has 0 atom stereocenters. The fourth-order valence-corrected chi connectivity index (χ4v) is 17.4. The van der Waals surface area contributed by atoms with Crippen molar-refractivity contribution >= 4 is 68.3 Å². The topological polar surface area (TPSA) is 331 Å². The Balaban J connectivity index is 0.000000242. The van der Waals surface area contributed by atoms with Crippen LogP contribution in [-0.4, -0.2) is 112 Å². The number of carbonyl (C=O) groups excluding carboxylic acids is 3. The Morgan fingerprint density at radius 3 is 1.21 bits per heavy atom. The maximum absolute atomic E-state index is 14.0. The number of hydrogen-bond acceptors (Lipinski definition) is 16. The summed E-state index contributed by atoms with van der Waals surface area (Å²) in [6.45, 7) is 24.1. The standard InChI is InChI=1S/C20H26O7S.C18H30O3S.C15H18F6O6S2.C14H20F2O4S/c21-19(26-16-7-3-1-4-8-16)14-11-15(13-18(12-14)28(23,24)25)20(22)27-17-9-5-2-6-10-17;1-16(2,3)12-10-13(17(4,5)6)15(22(19,20)21)14(11-12)18(7,8)9;1-8(2)10-6-5-7-11(9(3)4)12(10)27-29(25,26)15(20,21)13(16,17)14(18,19)28(22,23)24;15-14(16,21(18,19)20)12(17)1-2-13-6-9-3-10(7-13)5-11(4-9)8-13/h11-13,16-17H,1-10H2,(H,23,24,25);10-11H,1-9H3,(H,19,20,21);5-9H,1-4H3,(H,22,23,24);9-11H,1-8H2,(H,18,19,20). The number of carbonyl (C=O) groups is 3. The highest BCUT2D eigenvalue weighted by atomic mass is 32.2. The van der Waals surface area contributed by atoms with Crippen molar-refractivity contribution in [1.82, 2.24) is 0 Å². The van der Waals surface area contributed by atoms with Crippen LogP contribution in [0.2, 0.25) is 0 Å². The Bertz CT molecular complexity index is 3900. The molecule has 6 aliphatic carbocycles. The van der Waals surface area contributed by atoms with Crippen LogP contribution in [0.25, 0.3) is 0 Å². The van der Waals surface area contributed by atoms with Crippen molar-refractivity contribution in [1.29, 1.82) is 0 Å². The largest absolute Gasteiger partial charge is 0.459 e. The second-order valence-corrected chi connectivity index (χ2v) is 38.0. The van der Waals surface area contributed by atoms with Crippen LogP contribution in [0.15, 0.2) is 58.3 Å². The van der Waals surface area contributed by atoms with Gasteiger partial charge in [0.2, 0.25) is 5.78 Å². The van der Waals surface area contributed by atoms with E-state index in [1.807, 2.05) is 53.7 Å². The monoisotopic (exact) mass is 1530 g/mol. The van der Waals surface area contributed by atoms with Crippen molar-refractivity contribution < 1.29 is 123 Å². The van der Waals surface area contributed by atoms with Gasteiger partial charge in [-0.2, -0.15) is 77.2 Å². The average molecular weight is 1530 g/mol. The molecule has 0 amide bonds. The molecule has 3 aromatic rings. The number of para-hydroxylation sites is 1. The molecule has 100 heavy (non-hydrogen) atoms. The summed E-state index contributed by atoms with van der Waals surface area (Å²) in [5, 5.41) is -18.2. The predicted molar refractivity (Wildman–Crippen MR) is 355 cm³/mol. The van der Waals surface area contributed by atoms with E-state index in [1.165, 1.54) is 71.2 Å². The molecular formula is C67H94F8O20S5. The molecule has 6 fully saturated rings. The Morgan fingerprint density at radius 2 is 0.900 bits per heavy atom. The minimum absolute atomic E-state index is 0.000399. The predicted octanol–water partition coefficient (Wildman–Crippen LogP) is 16.1. The number of alkyl halides is 8. The molecular weight excluding hydrogens is 1440 g/mol. The summed E-state index contributed by atoms with van der Waals surface area (Å²) in [6, 6.07) is 11.1. The van der Waals surface area contributed by atoms with E-state index in [0.29, 0.717) is 35.3 Å². The molecule has 0 unspecified atom stereocenters. The summed E-state index contributed by atoms with van der Waals surface area (Å²) < 4.78 is 273. The first kappa shape index (κ1) is 85.7. The minimum Gasteiger partial charge on any atom is -0.459 e.